The van der Waals surface area contributed by atoms with E-state index in [-0.39, 0.29) is 5.91 Å². The van der Waals surface area contributed by atoms with E-state index in [4.69, 9.17) is 0 Å². The highest BCUT2D eigenvalue weighted by molar-refractivity contribution is 9.10. The molecule has 0 aromatic heterocycles. The predicted molar refractivity (Wildman–Crippen MR) is 87.5 cm³/mol. The van der Waals surface area contributed by atoms with E-state index in [2.05, 4.69) is 40.3 Å². The summed E-state index contributed by atoms with van der Waals surface area (Å²) in [5, 5.41) is 3.02. The molecule has 2 nitrogen and oxygen atoms in total. The lowest BCUT2D eigenvalue weighted by Crippen LogP contribution is -2.14. The van der Waals surface area contributed by atoms with Gasteiger partial charge in [-0.2, -0.15) is 0 Å². The van der Waals surface area contributed by atoms with Crippen molar-refractivity contribution in [3.8, 4) is 0 Å². The van der Waals surface area contributed by atoms with Crippen molar-refractivity contribution < 1.29 is 4.79 Å². The molecule has 2 aromatic rings. The smallest absolute Gasteiger partial charge is 0.255 e. The van der Waals surface area contributed by atoms with Crippen LogP contribution in [0, 0.1) is 27.7 Å². The minimum atomic E-state index is -0.0792. The van der Waals surface area contributed by atoms with Crippen LogP contribution in [0.1, 0.15) is 32.6 Å². The molecule has 0 spiro atoms. The molecule has 2 rings (SSSR count). The van der Waals surface area contributed by atoms with Crippen LogP contribution in [-0.2, 0) is 0 Å². The SMILES string of the molecule is Cc1cc(Br)cc(C(=O)Nc2c(C)cc(C)cc2C)c1. The third-order valence-corrected chi connectivity index (χ3v) is 3.68. The van der Waals surface area contributed by atoms with Crippen molar-refractivity contribution in [2.45, 2.75) is 27.7 Å². The van der Waals surface area contributed by atoms with Crippen molar-refractivity contribution in [3.05, 3.63) is 62.6 Å². The zero-order chi connectivity index (χ0) is 14.9. The number of carbonyl (C=O) groups is 1. The number of halogens is 1. The van der Waals surface area contributed by atoms with Crippen LogP contribution in [0.2, 0.25) is 0 Å². The first-order valence-corrected chi connectivity index (χ1v) is 7.32. The van der Waals surface area contributed by atoms with Crippen molar-refractivity contribution in [1.29, 1.82) is 0 Å². The Balaban J connectivity index is 2.32. The highest BCUT2D eigenvalue weighted by atomic mass is 79.9. The number of hydrogen-bond donors (Lipinski definition) is 1. The van der Waals surface area contributed by atoms with Crippen LogP contribution in [0.4, 0.5) is 5.69 Å². The second-order valence-electron chi connectivity index (χ2n) is 5.25. The van der Waals surface area contributed by atoms with Crippen molar-refractivity contribution in [2.75, 3.05) is 5.32 Å². The number of nitrogens with one attached hydrogen (secondary N) is 1. The maximum absolute atomic E-state index is 12.4. The average Bonchev–Trinajstić information content (AvgIpc) is 2.32. The van der Waals surface area contributed by atoms with Gasteiger partial charge in [-0.1, -0.05) is 33.6 Å². The lowest BCUT2D eigenvalue weighted by atomic mass is 10.0. The summed E-state index contributed by atoms with van der Waals surface area (Å²) in [5.74, 6) is -0.0792. The summed E-state index contributed by atoms with van der Waals surface area (Å²) in [6, 6.07) is 9.86. The number of benzene rings is 2. The number of rotatable bonds is 2. The quantitative estimate of drug-likeness (QED) is 0.830. The first-order valence-electron chi connectivity index (χ1n) is 6.53. The monoisotopic (exact) mass is 331 g/mol. The summed E-state index contributed by atoms with van der Waals surface area (Å²) in [7, 11) is 0. The van der Waals surface area contributed by atoms with Crippen LogP contribution in [0.15, 0.2) is 34.8 Å². The minimum absolute atomic E-state index is 0.0792. The van der Waals surface area contributed by atoms with Crippen molar-refractivity contribution >= 4 is 27.5 Å². The first-order chi connectivity index (χ1) is 9.36. The highest BCUT2D eigenvalue weighted by Gasteiger charge is 2.11. The van der Waals surface area contributed by atoms with E-state index in [9.17, 15) is 4.79 Å². The van der Waals surface area contributed by atoms with Gasteiger partial charge in [0.05, 0.1) is 0 Å². The van der Waals surface area contributed by atoms with Crippen molar-refractivity contribution in [1.82, 2.24) is 0 Å². The Morgan fingerprint density at radius 1 is 0.900 bits per heavy atom. The van der Waals surface area contributed by atoms with Gasteiger partial charge in [0.25, 0.3) is 5.91 Å². The zero-order valence-corrected chi connectivity index (χ0v) is 13.8. The van der Waals surface area contributed by atoms with E-state index in [0.717, 1.165) is 26.9 Å². The van der Waals surface area contributed by atoms with Gasteiger partial charge in [0.15, 0.2) is 0 Å². The maximum atomic E-state index is 12.4. The molecule has 0 aliphatic rings. The molecule has 2 aromatic carbocycles. The number of amides is 1. The molecule has 1 amide bonds. The fraction of sp³-hybridized carbons (Fsp3) is 0.235. The Bertz CT molecular complexity index is 633. The van der Waals surface area contributed by atoms with Gasteiger partial charge in [0, 0.05) is 15.7 Å². The molecule has 0 aliphatic heterocycles. The Morgan fingerprint density at radius 3 is 2.00 bits per heavy atom. The summed E-state index contributed by atoms with van der Waals surface area (Å²) in [6.45, 7) is 8.07. The first kappa shape index (κ1) is 14.8. The fourth-order valence-corrected chi connectivity index (χ4v) is 3.04. The molecule has 0 saturated carbocycles. The van der Waals surface area contributed by atoms with Gasteiger partial charge >= 0.3 is 0 Å². The third kappa shape index (κ3) is 3.28. The van der Waals surface area contributed by atoms with Crippen LogP contribution in [0.5, 0.6) is 0 Å². The molecule has 0 radical (unpaired) electrons. The van der Waals surface area contributed by atoms with Crippen LogP contribution >= 0.6 is 15.9 Å². The molecule has 0 saturated heterocycles. The van der Waals surface area contributed by atoms with Crippen molar-refractivity contribution in [3.63, 3.8) is 0 Å². The van der Waals surface area contributed by atoms with Gasteiger partial charge in [-0.05, 0) is 62.6 Å². The molecule has 1 N–H and O–H groups in total. The molecule has 0 unspecified atom stereocenters. The highest BCUT2D eigenvalue weighted by Crippen LogP contribution is 2.23. The maximum Gasteiger partial charge on any atom is 0.255 e. The predicted octanol–water partition coefficient (Wildman–Crippen LogP) is 4.94. The number of hydrogen-bond acceptors (Lipinski definition) is 1. The Hall–Kier alpha value is -1.61. The molecular weight excluding hydrogens is 314 g/mol. The fourth-order valence-electron chi connectivity index (χ4n) is 2.43. The number of aryl methyl sites for hydroxylation is 4. The van der Waals surface area contributed by atoms with E-state index in [1.54, 1.807) is 0 Å². The van der Waals surface area contributed by atoms with Gasteiger partial charge in [-0.25, -0.2) is 0 Å². The van der Waals surface area contributed by atoms with E-state index in [1.807, 2.05) is 39.0 Å². The zero-order valence-electron chi connectivity index (χ0n) is 12.2. The lowest BCUT2D eigenvalue weighted by Gasteiger charge is -2.13. The van der Waals surface area contributed by atoms with E-state index >= 15 is 0 Å². The van der Waals surface area contributed by atoms with E-state index in [0.29, 0.717) is 5.56 Å². The summed E-state index contributed by atoms with van der Waals surface area (Å²) in [5.41, 5.74) is 6.00. The molecule has 0 heterocycles. The molecule has 0 bridgehead atoms. The third-order valence-electron chi connectivity index (χ3n) is 3.22. The van der Waals surface area contributed by atoms with Gasteiger partial charge < -0.3 is 5.32 Å². The number of anilines is 1. The van der Waals surface area contributed by atoms with Crippen LogP contribution in [0.25, 0.3) is 0 Å². The van der Waals surface area contributed by atoms with Gasteiger partial charge in [-0.3, -0.25) is 4.79 Å². The van der Waals surface area contributed by atoms with Crippen LogP contribution in [-0.4, -0.2) is 5.91 Å². The standard InChI is InChI=1S/C17H18BrNO/c1-10-5-12(3)16(13(4)6-10)19-17(20)14-7-11(2)8-15(18)9-14/h5-9H,1-4H3,(H,19,20). The molecule has 0 atom stereocenters. The second-order valence-corrected chi connectivity index (χ2v) is 6.16. The summed E-state index contributed by atoms with van der Waals surface area (Å²) >= 11 is 3.43. The minimum Gasteiger partial charge on any atom is -0.322 e. The topological polar surface area (TPSA) is 29.1 Å². The number of carbonyl (C=O) groups excluding carboxylic acids is 1. The Kier molecular flexibility index (Phi) is 4.29. The molecular formula is C17H18BrNO. The molecule has 0 fully saturated rings. The van der Waals surface area contributed by atoms with E-state index in [1.165, 1.54) is 5.56 Å². The second kappa shape index (κ2) is 5.80. The van der Waals surface area contributed by atoms with E-state index < -0.39 is 0 Å². The lowest BCUT2D eigenvalue weighted by molar-refractivity contribution is 0.102. The van der Waals surface area contributed by atoms with Crippen LogP contribution in [0.3, 0.4) is 0 Å². The molecule has 20 heavy (non-hydrogen) atoms. The van der Waals surface area contributed by atoms with Crippen LogP contribution < -0.4 is 5.32 Å². The average molecular weight is 332 g/mol. The summed E-state index contributed by atoms with van der Waals surface area (Å²) in [4.78, 5) is 12.4. The molecule has 0 aliphatic carbocycles. The van der Waals surface area contributed by atoms with Gasteiger partial charge in [0.1, 0.15) is 0 Å². The summed E-state index contributed by atoms with van der Waals surface area (Å²) < 4.78 is 0.917. The Labute approximate surface area is 128 Å². The summed E-state index contributed by atoms with van der Waals surface area (Å²) in [6.07, 6.45) is 0. The largest absolute Gasteiger partial charge is 0.322 e. The molecule has 104 valence electrons. The molecule has 3 heteroatoms. The Morgan fingerprint density at radius 2 is 1.45 bits per heavy atom. The van der Waals surface area contributed by atoms with Crippen molar-refractivity contribution in [2.24, 2.45) is 0 Å². The normalized spacial score (nSPS) is 10.4. The van der Waals surface area contributed by atoms with Gasteiger partial charge in [0.2, 0.25) is 0 Å². The van der Waals surface area contributed by atoms with Gasteiger partial charge in [-0.15, -0.1) is 0 Å².